The largest absolute Gasteiger partial charge is 0.384 e. The molecule has 0 amide bonds. The summed E-state index contributed by atoms with van der Waals surface area (Å²) < 4.78 is 0. The predicted octanol–water partition coefficient (Wildman–Crippen LogP) is 3.78. The van der Waals surface area contributed by atoms with E-state index in [1.165, 1.54) is 6.07 Å². The zero-order valence-corrected chi connectivity index (χ0v) is 12.7. The number of nitro benzene ring substituents is 1. The maximum absolute atomic E-state index is 11.1. The van der Waals surface area contributed by atoms with Crippen molar-refractivity contribution in [2.45, 2.75) is 6.92 Å². The molecule has 0 spiro atoms. The van der Waals surface area contributed by atoms with Gasteiger partial charge in [0.05, 0.1) is 10.3 Å². The monoisotopic (exact) mass is 303 g/mol. The highest BCUT2D eigenvalue weighted by molar-refractivity contribution is 7.99. The summed E-state index contributed by atoms with van der Waals surface area (Å²) in [6, 6.07) is 5.16. The predicted molar refractivity (Wildman–Crippen MR) is 89.1 cm³/mol. The summed E-state index contributed by atoms with van der Waals surface area (Å²) in [6.07, 6.45) is 3.45. The van der Waals surface area contributed by atoms with Crippen molar-refractivity contribution in [3.8, 4) is 0 Å². The van der Waals surface area contributed by atoms with Gasteiger partial charge < -0.3 is 5.32 Å². The number of aromatic nitrogens is 1. The number of rotatable bonds is 7. The Kier molecular flexibility index (Phi) is 5.16. The van der Waals surface area contributed by atoms with Gasteiger partial charge in [-0.3, -0.25) is 15.1 Å². The van der Waals surface area contributed by atoms with Gasteiger partial charge in [0, 0.05) is 47.1 Å². The van der Waals surface area contributed by atoms with Crippen molar-refractivity contribution in [1.82, 2.24) is 4.98 Å². The van der Waals surface area contributed by atoms with E-state index in [1.54, 1.807) is 24.0 Å². The van der Waals surface area contributed by atoms with Crippen molar-refractivity contribution in [2.24, 2.45) is 0 Å². The molecule has 0 saturated carbocycles. The Hall–Kier alpha value is -2.08. The van der Waals surface area contributed by atoms with E-state index >= 15 is 0 Å². The van der Waals surface area contributed by atoms with E-state index in [-0.39, 0.29) is 10.6 Å². The van der Waals surface area contributed by atoms with E-state index in [1.807, 2.05) is 19.1 Å². The second-order valence-electron chi connectivity index (χ2n) is 4.55. The number of pyridine rings is 1. The SMILES string of the molecule is C=CCSCCNc1ccc([N+](=O)[O-])c2cnc(C)cc12. The fourth-order valence-electron chi connectivity index (χ4n) is 2.07. The number of benzene rings is 1. The van der Waals surface area contributed by atoms with Gasteiger partial charge in [-0.1, -0.05) is 6.08 Å². The van der Waals surface area contributed by atoms with Gasteiger partial charge in [-0.25, -0.2) is 0 Å². The molecule has 110 valence electrons. The molecule has 0 atom stereocenters. The van der Waals surface area contributed by atoms with Crippen LogP contribution in [0.5, 0.6) is 0 Å². The van der Waals surface area contributed by atoms with Crippen LogP contribution in [0.3, 0.4) is 0 Å². The van der Waals surface area contributed by atoms with E-state index in [2.05, 4.69) is 16.9 Å². The molecule has 0 bridgehead atoms. The summed E-state index contributed by atoms with van der Waals surface area (Å²) >= 11 is 1.79. The Morgan fingerprint density at radius 2 is 2.29 bits per heavy atom. The quantitative estimate of drug-likeness (QED) is 0.365. The van der Waals surface area contributed by atoms with E-state index < -0.39 is 0 Å². The molecule has 1 aromatic carbocycles. The number of nitrogens with zero attached hydrogens (tertiary/aromatic N) is 2. The van der Waals surface area contributed by atoms with Gasteiger partial charge in [0.15, 0.2) is 0 Å². The summed E-state index contributed by atoms with van der Waals surface area (Å²) in [4.78, 5) is 14.9. The van der Waals surface area contributed by atoms with Gasteiger partial charge in [0.1, 0.15) is 0 Å². The maximum Gasteiger partial charge on any atom is 0.278 e. The minimum atomic E-state index is -0.372. The number of aryl methyl sites for hydroxylation is 1. The number of fused-ring (bicyclic) bond motifs is 1. The molecule has 0 saturated heterocycles. The standard InChI is InChI=1S/C15H17N3O2S/c1-3-7-21-8-6-16-14-4-5-15(18(19)20)13-10-17-11(2)9-12(13)14/h3-5,9-10,16H,1,6-8H2,2H3. The third-order valence-electron chi connectivity index (χ3n) is 3.01. The minimum absolute atomic E-state index is 0.0871. The molecule has 0 aliphatic rings. The van der Waals surface area contributed by atoms with Crippen LogP contribution in [0.25, 0.3) is 10.8 Å². The number of non-ortho nitro benzene ring substituents is 1. The molecule has 2 aromatic rings. The Labute approximate surface area is 127 Å². The van der Waals surface area contributed by atoms with Crippen molar-refractivity contribution < 1.29 is 4.92 Å². The number of thioether (sulfide) groups is 1. The van der Waals surface area contributed by atoms with Crippen LogP contribution >= 0.6 is 11.8 Å². The van der Waals surface area contributed by atoms with Crippen molar-refractivity contribution >= 4 is 33.9 Å². The van der Waals surface area contributed by atoms with Crippen molar-refractivity contribution in [2.75, 3.05) is 23.4 Å². The normalized spacial score (nSPS) is 10.5. The summed E-state index contributed by atoms with van der Waals surface area (Å²) in [5.74, 6) is 1.88. The molecular formula is C15H17N3O2S. The summed E-state index contributed by atoms with van der Waals surface area (Å²) in [7, 11) is 0. The second kappa shape index (κ2) is 7.08. The fraction of sp³-hybridized carbons (Fsp3) is 0.267. The number of nitro groups is 1. The van der Waals surface area contributed by atoms with Gasteiger partial charge >= 0.3 is 0 Å². The molecule has 6 heteroatoms. The third kappa shape index (κ3) is 3.72. The lowest BCUT2D eigenvalue weighted by atomic mass is 10.1. The van der Waals surface area contributed by atoms with Crippen LogP contribution in [0, 0.1) is 17.0 Å². The van der Waals surface area contributed by atoms with Crippen LogP contribution in [-0.2, 0) is 0 Å². The molecule has 0 aliphatic carbocycles. The number of hydrogen-bond donors (Lipinski definition) is 1. The highest BCUT2D eigenvalue weighted by Gasteiger charge is 2.14. The van der Waals surface area contributed by atoms with Crippen molar-refractivity contribution in [1.29, 1.82) is 0 Å². The average molecular weight is 303 g/mol. The zero-order valence-electron chi connectivity index (χ0n) is 11.8. The molecule has 1 N–H and O–H groups in total. The Morgan fingerprint density at radius 3 is 3.00 bits per heavy atom. The zero-order chi connectivity index (χ0) is 15.2. The van der Waals surface area contributed by atoms with Gasteiger partial charge in [-0.05, 0) is 19.1 Å². The summed E-state index contributed by atoms with van der Waals surface area (Å²) in [5.41, 5.74) is 1.83. The smallest absolute Gasteiger partial charge is 0.278 e. The van der Waals surface area contributed by atoms with E-state index in [0.717, 1.165) is 34.8 Å². The number of hydrogen-bond acceptors (Lipinski definition) is 5. The lowest BCUT2D eigenvalue weighted by molar-refractivity contribution is -0.383. The number of nitrogens with one attached hydrogen (secondary N) is 1. The first-order valence-corrected chi connectivity index (χ1v) is 7.75. The van der Waals surface area contributed by atoms with Gasteiger partial charge in [0.2, 0.25) is 0 Å². The lowest BCUT2D eigenvalue weighted by Gasteiger charge is -2.10. The minimum Gasteiger partial charge on any atom is -0.384 e. The van der Waals surface area contributed by atoms with Crippen LogP contribution < -0.4 is 5.32 Å². The van der Waals surface area contributed by atoms with Crippen LogP contribution in [-0.4, -0.2) is 28.0 Å². The Balaban J connectivity index is 2.27. The molecule has 0 radical (unpaired) electrons. The maximum atomic E-state index is 11.1. The lowest BCUT2D eigenvalue weighted by Crippen LogP contribution is -2.05. The van der Waals surface area contributed by atoms with Crippen molar-refractivity contribution in [3.63, 3.8) is 0 Å². The Morgan fingerprint density at radius 1 is 1.48 bits per heavy atom. The van der Waals surface area contributed by atoms with Gasteiger partial charge in [0.25, 0.3) is 5.69 Å². The van der Waals surface area contributed by atoms with Crippen LogP contribution in [0.15, 0.2) is 37.1 Å². The molecule has 21 heavy (non-hydrogen) atoms. The molecule has 0 fully saturated rings. The van der Waals surface area contributed by atoms with Crippen LogP contribution in [0.4, 0.5) is 11.4 Å². The summed E-state index contributed by atoms with van der Waals surface area (Å²) in [6.45, 7) is 6.36. The molecule has 0 unspecified atom stereocenters. The molecule has 2 rings (SSSR count). The van der Waals surface area contributed by atoms with Crippen LogP contribution in [0.1, 0.15) is 5.69 Å². The number of anilines is 1. The fourth-order valence-corrected chi connectivity index (χ4v) is 2.65. The van der Waals surface area contributed by atoms with E-state index in [4.69, 9.17) is 0 Å². The molecule has 1 aromatic heterocycles. The molecule has 0 aliphatic heterocycles. The molecule has 5 nitrogen and oxygen atoms in total. The Bertz CT molecular complexity index is 673. The van der Waals surface area contributed by atoms with E-state index in [9.17, 15) is 10.1 Å². The third-order valence-corrected chi connectivity index (χ3v) is 3.97. The van der Waals surface area contributed by atoms with Crippen molar-refractivity contribution in [3.05, 3.63) is 52.9 Å². The van der Waals surface area contributed by atoms with Gasteiger partial charge in [-0.15, -0.1) is 6.58 Å². The molecule has 1 heterocycles. The first-order valence-electron chi connectivity index (χ1n) is 6.59. The average Bonchev–Trinajstić information content (AvgIpc) is 2.46. The summed E-state index contributed by atoms with van der Waals surface area (Å²) in [5, 5.41) is 15.8. The van der Waals surface area contributed by atoms with Gasteiger partial charge in [-0.2, -0.15) is 11.8 Å². The topological polar surface area (TPSA) is 68.1 Å². The second-order valence-corrected chi connectivity index (χ2v) is 5.70. The van der Waals surface area contributed by atoms with Crippen LogP contribution in [0.2, 0.25) is 0 Å². The highest BCUT2D eigenvalue weighted by atomic mass is 32.2. The van der Waals surface area contributed by atoms with E-state index in [0.29, 0.717) is 5.39 Å². The highest BCUT2D eigenvalue weighted by Crippen LogP contribution is 2.31. The first-order chi connectivity index (χ1) is 10.1. The molecular weight excluding hydrogens is 286 g/mol. The first kappa shape index (κ1) is 15.3.